The van der Waals surface area contributed by atoms with Gasteiger partial charge in [-0.3, -0.25) is 0 Å². The second kappa shape index (κ2) is 10.9. The van der Waals surface area contributed by atoms with Crippen LogP contribution >= 0.6 is 0 Å². The van der Waals surface area contributed by atoms with Crippen molar-refractivity contribution in [3.05, 3.63) is 53.6 Å². The minimum Gasteiger partial charge on any atom is -0.490 e. The third-order valence-electron chi connectivity index (χ3n) is 6.23. The predicted molar refractivity (Wildman–Crippen MR) is 128 cm³/mol. The van der Waals surface area contributed by atoms with E-state index in [1.54, 1.807) is 19.2 Å². The molecule has 0 bridgehead atoms. The lowest BCUT2D eigenvalue weighted by Crippen LogP contribution is -2.45. The number of fused-ring (bicyclic) bond motifs is 1. The van der Waals surface area contributed by atoms with E-state index in [0.29, 0.717) is 31.1 Å². The minimum atomic E-state index is -3.60. The maximum Gasteiger partial charge on any atom is 0.245 e. The highest BCUT2D eigenvalue weighted by Crippen LogP contribution is 2.33. The molecule has 2 aliphatic heterocycles. The molecular weight excluding hydrogens is 440 g/mol. The van der Waals surface area contributed by atoms with Gasteiger partial charge in [0.2, 0.25) is 10.0 Å². The van der Waals surface area contributed by atoms with E-state index in [4.69, 9.17) is 14.2 Å². The molecule has 0 amide bonds. The first-order chi connectivity index (χ1) is 16.0. The van der Waals surface area contributed by atoms with E-state index in [1.165, 1.54) is 4.31 Å². The molecule has 2 heterocycles. The summed E-state index contributed by atoms with van der Waals surface area (Å²) in [6, 6.07) is 13.1. The van der Waals surface area contributed by atoms with Crippen molar-refractivity contribution in [2.24, 2.45) is 0 Å². The molecule has 1 saturated heterocycles. The molecule has 33 heavy (non-hydrogen) atoms. The molecule has 0 aliphatic carbocycles. The summed E-state index contributed by atoms with van der Waals surface area (Å²) in [7, 11) is -1.88. The SMILES string of the molecule is COCCCN1CCOc2ccc(COC3CCCCN3S(=O)(=O)c3ccc(C)cc3)cc21. The van der Waals surface area contributed by atoms with Crippen molar-refractivity contribution in [2.75, 3.05) is 44.9 Å². The maximum absolute atomic E-state index is 13.3. The Bertz CT molecular complexity index is 1030. The normalized spacial score (nSPS) is 19.2. The molecule has 1 fully saturated rings. The van der Waals surface area contributed by atoms with Gasteiger partial charge in [0.15, 0.2) is 0 Å². The third-order valence-corrected chi connectivity index (χ3v) is 8.13. The number of sulfonamides is 1. The lowest BCUT2D eigenvalue weighted by atomic mass is 10.1. The van der Waals surface area contributed by atoms with Crippen LogP contribution in [0.4, 0.5) is 5.69 Å². The van der Waals surface area contributed by atoms with Gasteiger partial charge in [0.25, 0.3) is 0 Å². The van der Waals surface area contributed by atoms with Gasteiger partial charge in [-0.15, -0.1) is 0 Å². The van der Waals surface area contributed by atoms with Crippen molar-refractivity contribution < 1.29 is 22.6 Å². The van der Waals surface area contributed by atoms with Crippen molar-refractivity contribution in [1.82, 2.24) is 4.31 Å². The Balaban J connectivity index is 1.46. The zero-order valence-corrected chi connectivity index (χ0v) is 20.4. The van der Waals surface area contributed by atoms with Gasteiger partial charge in [0.05, 0.1) is 23.7 Å². The standard InChI is InChI=1S/C25H34N2O5S/c1-20-7-10-22(11-8-20)33(28,29)27-14-4-3-6-25(27)32-19-21-9-12-24-23(18-21)26(15-17-31-24)13-5-16-30-2/h7-12,18,25H,3-6,13-17,19H2,1-2H3. The fourth-order valence-corrected chi connectivity index (χ4v) is 5.99. The topological polar surface area (TPSA) is 68.3 Å². The summed E-state index contributed by atoms with van der Waals surface area (Å²) >= 11 is 0. The first-order valence-electron chi connectivity index (χ1n) is 11.7. The molecule has 0 aromatic heterocycles. The zero-order valence-electron chi connectivity index (χ0n) is 19.5. The van der Waals surface area contributed by atoms with E-state index in [0.717, 1.165) is 61.5 Å². The molecule has 7 nitrogen and oxygen atoms in total. The lowest BCUT2D eigenvalue weighted by Gasteiger charge is -2.35. The van der Waals surface area contributed by atoms with Crippen LogP contribution in [0.1, 0.15) is 36.8 Å². The number of piperidine rings is 1. The maximum atomic E-state index is 13.3. The van der Waals surface area contributed by atoms with Crippen LogP contribution in [-0.2, 0) is 26.1 Å². The summed E-state index contributed by atoms with van der Waals surface area (Å²) in [5, 5.41) is 0. The highest BCUT2D eigenvalue weighted by Gasteiger charge is 2.34. The quantitative estimate of drug-likeness (QED) is 0.513. The molecule has 1 atom stereocenters. The van der Waals surface area contributed by atoms with Gasteiger partial charge in [-0.05, 0) is 62.4 Å². The molecule has 1 unspecified atom stereocenters. The summed E-state index contributed by atoms with van der Waals surface area (Å²) in [4.78, 5) is 2.64. The molecule has 2 aliphatic rings. The highest BCUT2D eigenvalue weighted by molar-refractivity contribution is 7.89. The highest BCUT2D eigenvalue weighted by atomic mass is 32.2. The van der Waals surface area contributed by atoms with Gasteiger partial charge in [0, 0.05) is 26.8 Å². The van der Waals surface area contributed by atoms with Gasteiger partial charge >= 0.3 is 0 Å². The molecule has 0 radical (unpaired) electrons. The number of aryl methyl sites for hydroxylation is 1. The largest absolute Gasteiger partial charge is 0.490 e. The smallest absolute Gasteiger partial charge is 0.245 e. The van der Waals surface area contributed by atoms with Crippen LogP contribution in [0.2, 0.25) is 0 Å². The van der Waals surface area contributed by atoms with E-state index in [1.807, 2.05) is 31.2 Å². The van der Waals surface area contributed by atoms with Crippen LogP contribution < -0.4 is 9.64 Å². The van der Waals surface area contributed by atoms with Crippen LogP contribution in [0.3, 0.4) is 0 Å². The van der Waals surface area contributed by atoms with E-state index < -0.39 is 16.3 Å². The Hall–Kier alpha value is -2.13. The first-order valence-corrected chi connectivity index (χ1v) is 13.1. The number of anilines is 1. The monoisotopic (exact) mass is 474 g/mol. The first kappa shape index (κ1) is 24.0. The zero-order chi connectivity index (χ0) is 23.3. The molecule has 180 valence electrons. The van der Waals surface area contributed by atoms with E-state index in [-0.39, 0.29) is 0 Å². The number of rotatable bonds is 9. The summed E-state index contributed by atoms with van der Waals surface area (Å²) in [5.74, 6) is 0.878. The van der Waals surface area contributed by atoms with Crippen LogP contribution in [0.5, 0.6) is 5.75 Å². The van der Waals surface area contributed by atoms with E-state index in [9.17, 15) is 8.42 Å². The fourth-order valence-electron chi connectivity index (χ4n) is 4.39. The predicted octanol–water partition coefficient (Wildman–Crippen LogP) is 3.95. The van der Waals surface area contributed by atoms with E-state index in [2.05, 4.69) is 11.0 Å². The summed E-state index contributed by atoms with van der Waals surface area (Å²) < 4.78 is 45.3. The molecule has 2 aromatic rings. The lowest BCUT2D eigenvalue weighted by molar-refractivity contribution is -0.0486. The van der Waals surface area contributed by atoms with Crippen molar-refractivity contribution in [1.29, 1.82) is 0 Å². The number of nitrogens with zero attached hydrogens (tertiary/aromatic N) is 2. The second-order valence-electron chi connectivity index (χ2n) is 8.67. The van der Waals surface area contributed by atoms with E-state index >= 15 is 0 Å². The number of benzene rings is 2. The fraction of sp³-hybridized carbons (Fsp3) is 0.520. The van der Waals surface area contributed by atoms with Gasteiger partial charge in [-0.2, -0.15) is 4.31 Å². The van der Waals surface area contributed by atoms with Crippen molar-refractivity contribution in [3.63, 3.8) is 0 Å². The van der Waals surface area contributed by atoms with Crippen LogP contribution in [-0.4, -0.2) is 58.9 Å². The third kappa shape index (κ3) is 5.69. The summed E-state index contributed by atoms with van der Waals surface area (Å²) in [6.07, 6.45) is 2.98. The van der Waals surface area contributed by atoms with Crippen molar-refractivity contribution in [2.45, 2.75) is 50.3 Å². The van der Waals surface area contributed by atoms with Gasteiger partial charge in [-0.25, -0.2) is 8.42 Å². The Morgan fingerprint density at radius 2 is 1.91 bits per heavy atom. The van der Waals surface area contributed by atoms with Crippen molar-refractivity contribution >= 4 is 15.7 Å². The number of hydrogen-bond donors (Lipinski definition) is 0. The van der Waals surface area contributed by atoms with Crippen LogP contribution in [0.15, 0.2) is 47.4 Å². The Morgan fingerprint density at radius 3 is 2.70 bits per heavy atom. The average Bonchev–Trinajstić information content (AvgIpc) is 2.83. The molecular formula is C25H34N2O5S. The molecule has 8 heteroatoms. The van der Waals surface area contributed by atoms with Crippen LogP contribution in [0, 0.1) is 6.92 Å². The number of methoxy groups -OCH3 is 1. The minimum absolute atomic E-state index is 0.321. The van der Waals surface area contributed by atoms with Gasteiger partial charge in [-0.1, -0.05) is 23.8 Å². The Morgan fingerprint density at radius 1 is 1.09 bits per heavy atom. The molecule has 0 saturated carbocycles. The molecule has 0 N–H and O–H groups in total. The summed E-state index contributed by atoms with van der Waals surface area (Å²) in [6.45, 7) is 5.92. The van der Waals surface area contributed by atoms with Crippen LogP contribution in [0.25, 0.3) is 0 Å². The number of hydrogen-bond acceptors (Lipinski definition) is 6. The van der Waals surface area contributed by atoms with Crippen molar-refractivity contribution in [3.8, 4) is 5.75 Å². The average molecular weight is 475 g/mol. The Kier molecular flexibility index (Phi) is 7.90. The number of ether oxygens (including phenoxy) is 3. The molecule has 4 rings (SSSR count). The second-order valence-corrected chi connectivity index (χ2v) is 10.6. The molecule has 2 aromatic carbocycles. The molecule has 0 spiro atoms. The Labute approximate surface area is 197 Å². The van der Waals surface area contributed by atoms with Gasteiger partial charge in [0.1, 0.15) is 18.6 Å². The van der Waals surface area contributed by atoms with Gasteiger partial charge < -0.3 is 19.1 Å². The summed E-state index contributed by atoms with van der Waals surface area (Å²) in [5.41, 5.74) is 3.11.